The molecule has 2 aromatic rings. The number of hydrogen-bond donors (Lipinski definition) is 1. The Bertz CT molecular complexity index is 504. The van der Waals surface area contributed by atoms with Crippen LogP contribution in [-0.4, -0.2) is 14.8 Å². The second-order valence-electron chi connectivity index (χ2n) is 3.34. The minimum Gasteiger partial charge on any atom is -0.398 e. The third-order valence-corrected chi connectivity index (χ3v) is 2.12. The van der Waals surface area contributed by atoms with E-state index in [0.29, 0.717) is 22.9 Å². The molecule has 0 aliphatic rings. The van der Waals surface area contributed by atoms with Crippen LogP contribution in [0.5, 0.6) is 0 Å². The molecule has 0 amide bonds. The molecule has 0 unspecified atom stereocenters. The minimum atomic E-state index is -0.352. The molecule has 78 valence electrons. The first-order valence-corrected chi connectivity index (χ1v) is 4.51. The summed E-state index contributed by atoms with van der Waals surface area (Å²) in [4.78, 5) is 4.22. The van der Waals surface area contributed by atoms with E-state index >= 15 is 0 Å². The van der Waals surface area contributed by atoms with Crippen molar-refractivity contribution in [3.05, 3.63) is 29.8 Å². The third kappa shape index (κ3) is 1.68. The second kappa shape index (κ2) is 3.34. The summed E-state index contributed by atoms with van der Waals surface area (Å²) in [7, 11) is 1.78. The van der Waals surface area contributed by atoms with Crippen LogP contribution in [0.4, 0.5) is 10.1 Å². The monoisotopic (exact) mass is 206 g/mol. The van der Waals surface area contributed by atoms with Crippen LogP contribution in [0.2, 0.25) is 0 Å². The van der Waals surface area contributed by atoms with Crippen LogP contribution >= 0.6 is 0 Å². The number of rotatable bonds is 1. The smallest absolute Gasteiger partial charge is 0.160 e. The summed E-state index contributed by atoms with van der Waals surface area (Å²) in [5, 5.41) is 4.11. The predicted molar refractivity (Wildman–Crippen MR) is 55.5 cm³/mol. The molecular weight excluding hydrogens is 195 g/mol. The van der Waals surface area contributed by atoms with Crippen molar-refractivity contribution < 1.29 is 4.39 Å². The zero-order chi connectivity index (χ0) is 11.0. The first kappa shape index (κ1) is 9.64. The zero-order valence-corrected chi connectivity index (χ0v) is 8.53. The average Bonchev–Trinajstić information content (AvgIpc) is 2.45. The number of halogens is 1. The van der Waals surface area contributed by atoms with Crippen LogP contribution in [0.25, 0.3) is 11.4 Å². The maximum atomic E-state index is 12.8. The lowest BCUT2D eigenvalue weighted by atomic mass is 10.1. The van der Waals surface area contributed by atoms with Crippen molar-refractivity contribution in [2.75, 3.05) is 5.73 Å². The molecule has 0 bridgehead atoms. The third-order valence-electron chi connectivity index (χ3n) is 2.12. The van der Waals surface area contributed by atoms with Crippen LogP contribution in [0, 0.1) is 12.7 Å². The van der Waals surface area contributed by atoms with Crippen LogP contribution < -0.4 is 5.73 Å². The quantitative estimate of drug-likeness (QED) is 0.719. The Kier molecular flexibility index (Phi) is 2.15. The highest BCUT2D eigenvalue weighted by Gasteiger charge is 2.10. The Labute approximate surface area is 86.6 Å². The number of aromatic nitrogens is 3. The Hall–Kier alpha value is -1.91. The van der Waals surface area contributed by atoms with Crippen LogP contribution in [-0.2, 0) is 7.05 Å². The van der Waals surface area contributed by atoms with Gasteiger partial charge in [0.15, 0.2) is 5.82 Å². The molecule has 2 rings (SSSR count). The van der Waals surface area contributed by atoms with Crippen molar-refractivity contribution in [3.63, 3.8) is 0 Å². The molecule has 0 fully saturated rings. The molecule has 0 spiro atoms. The maximum absolute atomic E-state index is 12.8. The standard InChI is InChI=1S/C10H11FN4/c1-6-13-10(15(2)14-6)8-4-3-7(11)5-9(8)12/h3-5H,12H2,1-2H3. The van der Waals surface area contributed by atoms with E-state index < -0.39 is 0 Å². The van der Waals surface area contributed by atoms with E-state index in [9.17, 15) is 4.39 Å². The molecular formula is C10H11FN4. The highest BCUT2D eigenvalue weighted by molar-refractivity contribution is 5.71. The molecule has 0 radical (unpaired) electrons. The van der Waals surface area contributed by atoms with Crippen molar-refractivity contribution in [1.29, 1.82) is 0 Å². The lowest BCUT2D eigenvalue weighted by Gasteiger charge is -2.03. The molecule has 0 saturated heterocycles. The van der Waals surface area contributed by atoms with Gasteiger partial charge >= 0.3 is 0 Å². The summed E-state index contributed by atoms with van der Waals surface area (Å²) < 4.78 is 14.5. The van der Waals surface area contributed by atoms with Gasteiger partial charge in [0.25, 0.3) is 0 Å². The average molecular weight is 206 g/mol. The SMILES string of the molecule is Cc1nc(-c2ccc(F)cc2N)n(C)n1. The lowest BCUT2D eigenvalue weighted by Crippen LogP contribution is -1.98. The molecule has 0 saturated carbocycles. The van der Waals surface area contributed by atoms with Gasteiger partial charge in [-0.3, -0.25) is 0 Å². The highest BCUT2D eigenvalue weighted by atomic mass is 19.1. The fourth-order valence-corrected chi connectivity index (χ4v) is 1.48. The van der Waals surface area contributed by atoms with Gasteiger partial charge in [-0.2, -0.15) is 5.10 Å². The fraction of sp³-hybridized carbons (Fsp3) is 0.200. The summed E-state index contributed by atoms with van der Waals surface area (Å²) in [5.41, 5.74) is 6.77. The number of nitrogens with zero attached hydrogens (tertiary/aromatic N) is 3. The molecule has 5 heteroatoms. The number of anilines is 1. The molecule has 4 nitrogen and oxygen atoms in total. The fourth-order valence-electron chi connectivity index (χ4n) is 1.48. The Balaban J connectivity index is 2.59. The van der Waals surface area contributed by atoms with Gasteiger partial charge in [-0.05, 0) is 25.1 Å². The van der Waals surface area contributed by atoms with Gasteiger partial charge in [0.2, 0.25) is 0 Å². The van der Waals surface area contributed by atoms with Crippen molar-refractivity contribution >= 4 is 5.69 Å². The summed E-state index contributed by atoms with van der Waals surface area (Å²) in [6, 6.07) is 4.24. The Morgan fingerprint density at radius 2 is 2.13 bits per heavy atom. The molecule has 0 aliphatic carbocycles. The summed E-state index contributed by atoms with van der Waals surface area (Å²) in [5.74, 6) is 0.955. The van der Waals surface area contributed by atoms with Gasteiger partial charge in [-0.15, -0.1) is 0 Å². The number of nitrogens with two attached hydrogens (primary N) is 1. The highest BCUT2D eigenvalue weighted by Crippen LogP contribution is 2.24. The van der Waals surface area contributed by atoms with E-state index in [-0.39, 0.29) is 5.82 Å². The zero-order valence-electron chi connectivity index (χ0n) is 8.53. The van der Waals surface area contributed by atoms with Gasteiger partial charge in [-0.1, -0.05) is 0 Å². The molecule has 1 heterocycles. The normalized spacial score (nSPS) is 10.6. The van der Waals surface area contributed by atoms with E-state index in [1.54, 1.807) is 24.7 Å². The van der Waals surface area contributed by atoms with Gasteiger partial charge in [0, 0.05) is 18.3 Å². The number of aryl methyl sites for hydroxylation is 2. The van der Waals surface area contributed by atoms with Crippen LogP contribution in [0.3, 0.4) is 0 Å². The number of nitrogen functional groups attached to an aromatic ring is 1. The predicted octanol–water partition coefficient (Wildman–Crippen LogP) is 1.51. The van der Waals surface area contributed by atoms with Crippen LogP contribution in [0.1, 0.15) is 5.82 Å². The largest absolute Gasteiger partial charge is 0.398 e. The number of benzene rings is 1. The second-order valence-corrected chi connectivity index (χ2v) is 3.34. The minimum absolute atomic E-state index is 0.352. The summed E-state index contributed by atoms with van der Waals surface area (Å²) in [6.07, 6.45) is 0. The molecule has 0 atom stereocenters. The molecule has 15 heavy (non-hydrogen) atoms. The Morgan fingerprint density at radius 3 is 2.67 bits per heavy atom. The first-order valence-electron chi connectivity index (χ1n) is 4.51. The molecule has 1 aromatic heterocycles. The van der Waals surface area contributed by atoms with Gasteiger partial charge < -0.3 is 5.73 Å². The molecule has 2 N–H and O–H groups in total. The van der Waals surface area contributed by atoms with Gasteiger partial charge in [0.1, 0.15) is 11.6 Å². The van der Waals surface area contributed by atoms with E-state index in [1.165, 1.54) is 12.1 Å². The van der Waals surface area contributed by atoms with Crippen molar-refractivity contribution in [2.24, 2.45) is 7.05 Å². The van der Waals surface area contributed by atoms with Crippen LogP contribution in [0.15, 0.2) is 18.2 Å². The van der Waals surface area contributed by atoms with Gasteiger partial charge in [0.05, 0.1) is 0 Å². The first-order chi connectivity index (χ1) is 7.08. The summed E-state index contributed by atoms with van der Waals surface area (Å²) in [6.45, 7) is 1.79. The Morgan fingerprint density at radius 1 is 1.40 bits per heavy atom. The van der Waals surface area contributed by atoms with E-state index in [0.717, 1.165) is 0 Å². The molecule has 1 aromatic carbocycles. The number of hydrogen-bond acceptors (Lipinski definition) is 3. The topological polar surface area (TPSA) is 56.7 Å². The summed E-state index contributed by atoms with van der Waals surface area (Å²) >= 11 is 0. The lowest BCUT2D eigenvalue weighted by molar-refractivity contribution is 0.628. The van der Waals surface area contributed by atoms with Crippen molar-refractivity contribution in [1.82, 2.24) is 14.8 Å². The van der Waals surface area contributed by atoms with Crippen molar-refractivity contribution in [2.45, 2.75) is 6.92 Å². The van der Waals surface area contributed by atoms with Crippen molar-refractivity contribution in [3.8, 4) is 11.4 Å². The van der Waals surface area contributed by atoms with E-state index in [1.807, 2.05) is 0 Å². The van der Waals surface area contributed by atoms with E-state index in [2.05, 4.69) is 10.1 Å². The van der Waals surface area contributed by atoms with E-state index in [4.69, 9.17) is 5.73 Å². The molecule has 0 aliphatic heterocycles. The maximum Gasteiger partial charge on any atom is 0.160 e. The van der Waals surface area contributed by atoms with Gasteiger partial charge in [-0.25, -0.2) is 14.1 Å².